The summed E-state index contributed by atoms with van der Waals surface area (Å²) >= 11 is 0. The molecule has 1 radical (unpaired) electrons. The van der Waals surface area contributed by atoms with E-state index in [-0.39, 0.29) is 16.8 Å². The van der Waals surface area contributed by atoms with E-state index in [1.807, 2.05) is 0 Å². The normalized spacial score (nSPS) is 8.25. The number of rotatable bonds is 0. The van der Waals surface area contributed by atoms with Crippen molar-refractivity contribution in [3.8, 4) is 0 Å². The van der Waals surface area contributed by atoms with Crippen molar-refractivity contribution in [1.29, 1.82) is 0 Å². The molecule has 55 valence electrons. The molecule has 5 N–H and O–H groups in total. The van der Waals surface area contributed by atoms with Crippen molar-refractivity contribution in [1.82, 2.24) is 0 Å². The van der Waals surface area contributed by atoms with Gasteiger partial charge in [-0.1, -0.05) is 0 Å². The second kappa shape index (κ2) is 7.56. The van der Waals surface area contributed by atoms with Gasteiger partial charge < -0.3 is 0 Å². The second-order valence-electron chi connectivity index (χ2n) is 0.396. The van der Waals surface area contributed by atoms with Crippen molar-refractivity contribution in [2.75, 3.05) is 0 Å². The molecular formula is H5ClCoN2O4. The maximum Gasteiger partial charge on any atom is 0.0777 e. The summed E-state index contributed by atoms with van der Waals surface area (Å²) in [6.45, 7) is 0. The van der Waals surface area contributed by atoms with Crippen LogP contribution < -0.4 is 25.7 Å². The van der Waals surface area contributed by atoms with E-state index in [9.17, 15) is 0 Å². The molecule has 0 aliphatic carbocycles. The Morgan fingerprint density at radius 3 is 1.12 bits per heavy atom. The summed E-state index contributed by atoms with van der Waals surface area (Å²) in [5.74, 6) is 8.00. The second-order valence-corrected chi connectivity index (χ2v) is 1.19. The van der Waals surface area contributed by atoms with Gasteiger partial charge in [-0.05, 0) is 0 Å². The molecular weight excluding hydrogens is 186 g/mol. The van der Waals surface area contributed by atoms with Gasteiger partial charge in [0.25, 0.3) is 0 Å². The van der Waals surface area contributed by atoms with Gasteiger partial charge in [-0.2, -0.15) is 14.0 Å². The summed E-state index contributed by atoms with van der Waals surface area (Å²) in [4.78, 5) is 0. The van der Waals surface area contributed by atoms with Gasteiger partial charge in [0, 0.05) is 16.8 Å². The van der Waals surface area contributed by atoms with Crippen molar-refractivity contribution in [3.05, 3.63) is 0 Å². The summed E-state index contributed by atoms with van der Waals surface area (Å²) in [7, 11) is -4.69. The van der Waals surface area contributed by atoms with Gasteiger partial charge in [0.15, 0.2) is 0 Å². The third kappa shape index (κ3) is 654. The van der Waals surface area contributed by atoms with Crippen molar-refractivity contribution in [2.45, 2.75) is 0 Å². The van der Waals surface area contributed by atoms with Crippen LogP contribution in [0, 0.1) is 10.2 Å². The first-order valence-corrected chi connectivity index (χ1v) is 2.23. The molecule has 0 aromatic heterocycles. The number of hydrogen-bond acceptors (Lipinski definition) is 6. The predicted molar refractivity (Wildman–Crippen MR) is 10.6 cm³/mol. The zero-order valence-corrected chi connectivity index (χ0v) is 5.33. The summed E-state index contributed by atoms with van der Waals surface area (Å²) in [6.07, 6.45) is 0. The molecule has 8 heteroatoms. The van der Waals surface area contributed by atoms with Gasteiger partial charge in [0.2, 0.25) is 0 Å². The maximum atomic E-state index is 8.60. The first-order valence-electron chi connectivity index (χ1n) is 0.965. The topological polar surface area (TPSA) is 141 Å². The summed E-state index contributed by atoms with van der Waals surface area (Å²) < 4.78 is 32.7. The first kappa shape index (κ1) is 15.8. The van der Waals surface area contributed by atoms with Crippen LogP contribution in [0.25, 0.3) is 0 Å². The average molecular weight is 191 g/mol. The predicted octanol–water partition coefficient (Wildman–Crippen LogP) is -5.31. The van der Waals surface area contributed by atoms with Crippen molar-refractivity contribution in [3.63, 3.8) is 0 Å². The van der Waals surface area contributed by atoms with Gasteiger partial charge in [0.05, 0.1) is 14.9 Å². The maximum absolute atomic E-state index is 8.60. The van der Waals surface area contributed by atoms with Crippen LogP contribution in [0.4, 0.5) is 0 Å². The Labute approximate surface area is 58.0 Å². The molecule has 0 saturated heterocycles. The van der Waals surface area contributed by atoms with Crippen LogP contribution in [0.3, 0.4) is 0 Å². The number of hydrogen-bond donors (Lipinski definition) is 3. The fourth-order valence-corrected chi connectivity index (χ4v) is 0. The molecule has 0 aromatic rings. The Kier molecular flexibility index (Phi) is 14.9. The van der Waals surface area contributed by atoms with Gasteiger partial charge in [-0.25, -0.2) is 0 Å². The molecule has 0 rings (SSSR count). The van der Waals surface area contributed by atoms with Crippen molar-refractivity contribution < 1.29 is 45.7 Å². The van der Waals surface area contributed by atoms with Crippen LogP contribution in [-0.2, 0) is 16.8 Å². The average Bonchev–Trinajstić information content (AvgIpc) is 1.36. The molecule has 0 bridgehead atoms. The van der Waals surface area contributed by atoms with Crippen LogP contribution in [0.2, 0.25) is 0 Å². The number of halogens is 1. The smallest absolute Gasteiger partial charge is 0.0777 e. The first-order chi connectivity index (χ1) is 3.00. The zero-order chi connectivity index (χ0) is 6.50. The van der Waals surface area contributed by atoms with E-state index in [2.05, 4.69) is 11.7 Å². The largest absolute Gasteiger partial charge is 0.274 e. The molecule has 0 aliphatic heterocycles. The van der Waals surface area contributed by atoms with Crippen LogP contribution >= 0.6 is 0 Å². The SMILES string of the molecule is NN.[Co].[O-][Cl+3]([O-])([O-])O. The van der Waals surface area contributed by atoms with Crippen molar-refractivity contribution in [2.24, 2.45) is 11.7 Å². The Bertz CT molecular complexity index is 29.5. The van der Waals surface area contributed by atoms with E-state index in [0.717, 1.165) is 0 Å². The molecule has 0 spiro atoms. The van der Waals surface area contributed by atoms with E-state index < -0.39 is 10.2 Å². The van der Waals surface area contributed by atoms with Crippen LogP contribution in [0.15, 0.2) is 0 Å². The molecule has 0 fully saturated rings. The molecule has 0 aromatic carbocycles. The van der Waals surface area contributed by atoms with Crippen LogP contribution in [0.5, 0.6) is 0 Å². The molecule has 8 heavy (non-hydrogen) atoms. The Morgan fingerprint density at radius 2 is 1.12 bits per heavy atom. The zero-order valence-electron chi connectivity index (χ0n) is 3.54. The Balaban J connectivity index is -0.0000000750. The van der Waals surface area contributed by atoms with E-state index in [1.165, 1.54) is 0 Å². The molecule has 0 amide bonds. The monoisotopic (exact) mass is 191 g/mol. The van der Waals surface area contributed by atoms with Crippen LogP contribution in [-0.4, -0.2) is 4.66 Å². The van der Waals surface area contributed by atoms with E-state index in [4.69, 9.17) is 18.6 Å². The molecule has 0 atom stereocenters. The third-order valence-electron chi connectivity index (χ3n) is 0. The molecule has 0 aliphatic rings. The quantitative estimate of drug-likeness (QED) is 0.258. The minimum atomic E-state index is -4.69. The van der Waals surface area contributed by atoms with Gasteiger partial charge >= 0.3 is 0 Å². The Hall–Kier alpha value is 0.556. The van der Waals surface area contributed by atoms with E-state index >= 15 is 0 Å². The van der Waals surface area contributed by atoms with E-state index in [1.54, 1.807) is 0 Å². The minimum absolute atomic E-state index is 0. The minimum Gasteiger partial charge on any atom is -0.274 e. The van der Waals surface area contributed by atoms with Crippen LogP contribution in [0.1, 0.15) is 0 Å². The molecule has 0 heterocycles. The standard InChI is InChI=1S/ClHO4.Co.H4N2/c2-1(3,4)5;;1-2/h(H,2,3,4,5);;1-2H2. The summed E-state index contributed by atoms with van der Waals surface area (Å²) in [6, 6.07) is 0. The molecule has 6 nitrogen and oxygen atoms in total. The van der Waals surface area contributed by atoms with Gasteiger partial charge in [0.1, 0.15) is 0 Å². The van der Waals surface area contributed by atoms with Gasteiger partial charge in [-0.15, -0.1) is 0 Å². The number of nitrogens with two attached hydrogens (primary N) is 2. The molecule has 0 unspecified atom stereocenters. The summed E-state index contributed by atoms with van der Waals surface area (Å²) in [5, 5.41) is 0. The molecule has 0 saturated carbocycles. The van der Waals surface area contributed by atoms with Crippen molar-refractivity contribution >= 4 is 0 Å². The van der Waals surface area contributed by atoms with Gasteiger partial charge in [-0.3, -0.25) is 11.7 Å². The van der Waals surface area contributed by atoms with E-state index in [0.29, 0.717) is 0 Å². The number of hydrazine groups is 1. The fourth-order valence-electron chi connectivity index (χ4n) is 0. The summed E-state index contributed by atoms with van der Waals surface area (Å²) in [5.41, 5.74) is 0. The fraction of sp³-hybridized carbons (Fsp3) is 0. The third-order valence-corrected chi connectivity index (χ3v) is 0. The Morgan fingerprint density at radius 1 is 1.12 bits per heavy atom.